The van der Waals surface area contributed by atoms with Gasteiger partial charge in [-0.3, -0.25) is 0 Å². The van der Waals surface area contributed by atoms with Gasteiger partial charge in [0.25, 0.3) is 0 Å². The fourth-order valence-electron chi connectivity index (χ4n) is 5.39. The van der Waals surface area contributed by atoms with Crippen molar-refractivity contribution in [3.63, 3.8) is 0 Å². The van der Waals surface area contributed by atoms with Crippen LogP contribution in [0.5, 0.6) is 5.75 Å². The zero-order valence-electron chi connectivity index (χ0n) is 17.9. The molecule has 1 N–H and O–H groups in total. The lowest BCUT2D eigenvalue weighted by Gasteiger charge is -2.32. The highest BCUT2D eigenvalue weighted by Gasteiger charge is 2.44. The summed E-state index contributed by atoms with van der Waals surface area (Å²) in [5.41, 5.74) is 2.47. The highest BCUT2D eigenvalue weighted by molar-refractivity contribution is 7.10. The van der Waals surface area contributed by atoms with E-state index in [0.717, 1.165) is 44.3 Å². The number of carbonyl (C=O) groups is 1. The summed E-state index contributed by atoms with van der Waals surface area (Å²) >= 11 is 0. The van der Waals surface area contributed by atoms with Crippen molar-refractivity contribution in [3.8, 4) is 5.75 Å². The van der Waals surface area contributed by atoms with Gasteiger partial charge in [-0.25, -0.2) is 4.79 Å². The highest BCUT2D eigenvalue weighted by Crippen LogP contribution is 2.48. The van der Waals surface area contributed by atoms with Gasteiger partial charge in [0.2, 0.25) is 0 Å². The minimum Gasteiger partial charge on any atom is -0.482 e. The molecule has 0 aromatic heterocycles. The van der Waals surface area contributed by atoms with E-state index in [1.807, 2.05) is 21.6 Å². The molecule has 168 valence electrons. The summed E-state index contributed by atoms with van der Waals surface area (Å²) < 4.78 is 16.0. The Labute approximate surface area is 185 Å². The van der Waals surface area contributed by atoms with Gasteiger partial charge < -0.3 is 18.9 Å². The summed E-state index contributed by atoms with van der Waals surface area (Å²) in [6.45, 7) is 2.13. The van der Waals surface area contributed by atoms with E-state index in [1.54, 1.807) is 0 Å². The summed E-state index contributed by atoms with van der Waals surface area (Å²) in [7, 11) is 4.39. The molecule has 1 aromatic rings. The maximum Gasteiger partial charge on any atom is 0.346 e. The number of rotatable bonds is 11. The first-order valence-corrected chi connectivity index (χ1v) is 12.2. The fourth-order valence-corrected chi connectivity index (χ4v) is 5.73. The van der Waals surface area contributed by atoms with E-state index < -0.39 is 5.97 Å². The van der Waals surface area contributed by atoms with Gasteiger partial charge in [0.15, 0.2) is 6.61 Å². The molecule has 0 aliphatic heterocycles. The van der Waals surface area contributed by atoms with Crippen molar-refractivity contribution in [1.29, 1.82) is 0 Å². The van der Waals surface area contributed by atoms with Crippen LogP contribution >= 0.6 is 18.9 Å². The summed E-state index contributed by atoms with van der Waals surface area (Å²) in [6.07, 6.45) is 9.52. The van der Waals surface area contributed by atoms with E-state index in [0.29, 0.717) is 17.8 Å². The van der Waals surface area contributed by atoms with Gasteiger partial charge in [0, 0.05) is 9.47 Å². The van der Waals surface area contributed by atoms with E-state index in [1.165, 1.54) is 30.4 Å². The largest absolute Gasteiger partial charge is 0.482 e. The predicted molar refractivity (Wildman–Crippen MR) is 124 cm³/mol. The van der Waals surface area contributed by atoms with E-state index >= 15 is 0 Å². The van der Waals surface area contributed by atoms with Gasteiger partial charge in [-0.2, -0.15) is 0 Å². The second kappa shape index (κ2) is 11.8. The Morgan fingerprint density at radius 2 is 2.07 bits per heavy atom. The number of fused-ring (bicyclic) bond motifs is 2. The molecular weight excluding hydrogens is 418 g/mol. The smallest absolute Gasteiger partial charge is 0.346 e. The van der Waals surface area contributed by atoms with Crippen LogP contribution in [0.3, 0.4) is 0 Å². The average Bonchev–Trinajstić information content (AvgIpc) is 3.06. The fraction of sp³-hybridized carbons (Fsp3) is 0.696. The quantitative estimate of drug-likeness (QED) is 0.390. The van der Waals surface area contributed by atoms with Crippen LogP contribution in [0.1, 0.15) is 63.0 Å². The van der Waals surface area contributed by atoms with Crippen LogP contribution in [0.15, 0.2) is 18.2 Å². The molecule has 1 saturated carbocycles. The van der Waals surface area contributed by atoms with Crippen LogP contribution in [-0.4, -0.2) is 29.9 Å². The van der Waals surface area contributed by atoms with Crippen molar-refractivity contribution in [2.24, 2.45) is 17.8 Å². The van der Waals surface area contributed by atoms with Gasteiger partial charge in [-0.05, 0) is 73.5 Å². The van der Waals surface area contributed by atoms with E-state index in [4.69, 9.17) is 9.26 Å². The molecule has 0 heterocycles. The normalized spacial score (nSPS) is 26.0. The maximum absolute atomic E-state index is 11.4. The molecule has 30 heavy (non-hydrogen) atoms. The molecule has 2 aliphatic rings. The Kier molecular flexibility index (Phi) is 9.38. The Morgan fingerprint density at radius 3 is 2.80 bits per heavy atom. The number of ether oxygens (including phenoxy) is 1. The summed E-state index contributed by atoms with van der Waals surface area (Å²) in [4.78, 5) is 11.4. The van der Waals surface area contributed by atoms with Gasteiger partial charge in [0.1, 0.15) is 5.75 Å². The van der Waals surface area contributed by atoms with E-state index in [2.05, 4.69) is 27.0 Å². The molecule has 3 rings (SSSR count). The first kappa shape index (κ1) is 23.9. The lowest BCUT2D eigenvalue weighted by atomic mass is 9.73. The molecule has 2 aliphatic carbocycles. The number of aliphatic hydroxyl groups is 1. The van der Waals surface area contributed by atoms with Gasteiger partial charge in [0.05, 0.1) is 21.7 Å². The summed E-state index contributed by atoms with van der Waals surface area (Å²) in [5.74, 6) is 1.65. The van der Waals surface area contributed by atoms with E-state index in [-0.39, 0.29) is 18.8 Å². The van der Waals surface area contributed by atoms with Crippen LogP contribution in [-0.2, 0) is 26.7 Å². The van der Waals surface area contributed by atoms with Crippen LogP contribution in [0.25, 0.3) is 0 Å². The lowest BCUT2D eigenvalue weighted by Crippen LogP contribution is -2.28. The van der Waals surface area contributed by atoms with Gasteiger partial charge >= 0.3 is 5.97 Å². The molecular formula is C23H36O5P2. The average molecular weight is 454 g/mol. The third kappa shape index (κ3) is 5.94. The standard InChI is InChI=1S/C23H36O5P2/c1-2-3-4-7-17(27-29)9-10-18-19-11-15-6-5-8-22(26-14-23(25)28-30)20(15)12-16(19)13-21(18)24/h5-6,8,16-19,21,24H,2-4,7,9-14,29-30H2,1H3/t16-,17-,18+,19-,21+/m0/s1. The highest BCUT2D eigenvalue weighted by atomic mass is 31.0. The van der Waals surface area contributed by atoms with Gasteiger partial charge in [-0.1, -0.05) is 38.3 Å². The Balaban J connectivity index is 1.63. The third-order valence-corrected chi connectivity index (χ3v) is 7.61. The Bertz CT molecular complexity index is 698. The number of carbonyl (C=O) groups excluding carboxylic acids is 1. The van der Waals surface area contributed by atoms with Crippen LogP contribution in [0, 0.1) is 17.8 Å². The van der Waals surface area contributed by atoms with Crippen molar-refractivity contribution >= 4 is 24.9 Å². The molecule has 2 unspecified atom stereocenters. The van der Waals surface area contributed by atoms with Gasteiger partial charge in [-0.15, -0.1) is 0 Å². The number of hydrogen-bond donors (Lipinski definition) is 1. The number of hydrogen-bond acceptors (Lipinski definition) is 5. The molecule has 7 atom stereocenters. The van der Waals surface area contributed by atoms with Crippen LogP contribution < -0.4 is 4.74 Å². The minimum atomic E-state index is -0.410. The minimum absolute atomic E-state index is 0.0895. The van der Waals surface area contributed by atoms with Crippen molar-refractivity contribution < 1.29 is 23.7 Å². The number of benzene rings is 1. The molecule has 0 spiro atoms. The van der Waals surface area contributed by atoms with Crippen molar-refractivity contribution in [2.45, 2.75) is 76.9 Å². The second-order valence-electron chi connectivity index (χ2n) is 8.80. The monoisotopic (exact) mass is 454 g/mol. The first-order chi connectivity index (χ1) is 14.6. The molecule has 7 heteroatoms. The molecule has 1 aromatic carbocycles. The summed E-state index contributed by atoms with van der Waals surface area (Å²) in [5, 5.41) is 10.8. The molecule has 0 radical (unpaired) electrons. The molecule has 1 fully saturated rings. The van der Waals surface area contributed by atoms with Crippen LogP contribution in [0.2, 0.25) is 0 Å². The zero-order chi connectivity index (χ0) is 21.5. The van der Waals surface area contributed by atoms with Crippen molar-refractivity contribution in [1.82, 2.24) is 0 Å². The zero-order valence-corrected chi connectivity index (χ0v) is 20.2. The lowest BCUT2D eigenvalue weighted by molar-refractivity contribution is -0.135. The third-order valence-electron chi connectivity index (χ3n) is 6.97. The topological polar surface area (TPSA) is 65.0 Å². The van der Waals surface area contributed by atoms with Crippen molar-refractivity contribution in [2.75, 3.05) is 6.61 Å². The molecule has 0 amide bonds. The van der Waals surface area contributed by atoms with Crippen LogP contribution in [0.4, 0.5) is 0 Å². The Hall–Kier alpha value is -0.730. The number of unbranched alkanes of at least 4 members (excludes halogenated alkanes) is 2. The molecule has 0 bridgehead atoms. The van der Waals surface area contributed by atoms with E-state index in [9.17, 15) is 9.90 Å². The second-order valence-corrected chi connectivity index (χ2v) is 9.31. The Morgan fingerprint density at radius 1 is 1.23 bits per heavy atom. The summed E-state index contributed by atoms with van der Waals surface area (Å²) in [6, 6.07) is 6.08. The number of aliphatic hydroxyl groups excluding tert-OH is 1. The molecule has 5 nitrogen and oxygen atoms in total. The maximum atomic E-state index is 11.4. The predicted octanol–water partition coefficient (Wildman–Crippen LogP) is 4.65. The van der Waals surface area contributed by atoms with Crippen molar-refractivity contribution in [3.05, 3.63) is 29.3 Å². The molecule has 0 saturated heterocycles. The first-order valence-electron chi connectivity index (χ1n) is 11.2. The SMILES string of the molecule is CCCCC[C@@H](CC[C@@H]1[C@H]2Cc3cccc(OCC(=O)OP)c3C[C@H]2C[C@H]1O)OP.